The number of thiophene rings is 1. The summed E-state index contributed by atoms with van der Waals surface area (Å²) in [5, 5.41) is 2.00. The minimum absolute atomic E-state index is 0.0228. The molecule has 0 aliphatic rings. The number of carbonyl (C=O) groups is 1. The molecule has 0 unspecified atom stereocenters. The summed E-state index contributed by atoms with van der Waals surface area (Å²) in [5.41, 5.74) is 1.17. The molecule has 0 atom stereocenters. The lowest BCUT2D eigenvalue weighted by molar-refractivity contribution is -0.130. The third-order valence-corrected chi connectivity index (χ3v) is 7.04. The van der Waals surface area contributed by atoms with Crippen LogP contribution in [0.2, 0.25) is 0 Å². The molecule has 0 saturated carbocycles. The van der Waals surface area contributed by atoms with Crippen LogP contribution >= 0.6 is 11.3 Å². The number of benzene rings is 1. The maximum absolute atomic E-state index is 13.0. The van der Waals surface area contributed by atoms with Crippen LogP contribution < -0.4 is 0 Å². The Bertz CT molecular complexity index is 848. The number of hydrogen-bond donors (Lipinski definition) is 0. The van der Waals surface area contributed by atoms with Gasteiger partial charge in [0.1, 0.15) is 5.82 Å². The minimum atomic E-state index is -3.68. The molecule has 8 heteroatoms. The largest absolute Gasteiger partial charge is 0.341 e. The van der Waals surface area contributed by atoms with Gasteiger partial charge in [-0.1, -0.05) is 0 Å². The minimum Gasteiger partial charge on any atom is -0.341 e. The number of aryl methyl sites for hydroxylation is 1. The van der Waals surface area contributed by atoms with Gasteiger partial charge in [-0.3, -0.25) is 4.79 Å². The van der Waals surface area contributed by atoms with Gasteiger partial charge in [0.2, 0.25) is 15.9 Å². The molecule has 2 rings (SSSR count). The van der Waals surface area contributed by atoms with E-state index in [2.05, 4.69) is 0 Å². The predicted octanol–water partition coefficient (Wildman–Crippen LogP) is 3.25. The van der Waals surface area contributed by atoms with E-state index in [0.29, 0.717) is 13.0 Å². The van der Waals surface area contributed by atoms with Crippen molar-refractivity contribution >= 4 is 27.3 Å². The lowest BCUT2D eigenvalue weighted by Gasteiger charge is -2.19. The summed E-state index contributed by atoms with van der Waals surface area (Å²) in [6.07, 6.45) is 0.688. The SMILES string of the molecule is Cc1ccsc1CN(C)C(=O)CCCN(C)S(=O)(=O)c1ccc(F)cc1. The highest BCUT2D eigenvalue weighted by molar-refractivity contribution is 7.89. The first-order valence-corrected chi connectivity index (χ1v) is 10.5. The van der Waals surface area contributed by atoms with Gasteiger partial charge >= 0.3 is 0 Å². The van der Waals surface area contributed by atoms with Crippen molar-refractivity contribution < 1.29 is 17.6 Å². The zero-order chi connectivity index (χ0) is 19.3. The average Bonchev–Trinajstić information content (AvgIpc) is 2.99. The van der Waals surface area contributed by atoms with Gasteiger partial charge in [-0.25, -0.2) is 17.1 Å². The Labute approximate surface area is 158 Å². The molecule has 0 radical (unpaired) electrons. The summed E-state index contributed by atoms with van der Waals surface area (Å²) in [6, 6.07) is 6.73. The van der Waals surface area contributed by atoms with Gasteiger partial charge in [-0.15, -0.1) is 11.3 Å². The highest BCUT2D eigenvalue weighted by Gasteiger charge is 2.21. The van der Waals surface area contributed by atoms with E-state index in [9.17, 15) is 17.6 Å². The van der Waals surface area contributed by atoms with Gasteiger partial charge in [0.25, 0.3) is 0 Å². The highest BCUT2D eigenvalue weighted by Crippen LogP contribution is 2.18. The van der Waals surface area contributed by atoms with E-state index >= 15 is 0 Å². The molecule has 0 fully saturated rings. The van der Waals surface area contributed by atoms with Crippen LogP contribution in [0, 0.1) is 12.7 Å². The quantitative estimate of drug-likeness (QED) is 0.686. The molecule has 2 aromatic rings. The summed E-state index contributed by atoms with van der Waals surface area (Å²) in [5.74, 6) is -0.508. The molecule has 142 valence electrons. The average molecular weight is 399 g/mol. The Morgan fingerprint density at radius 1 is 1.15 bits per heavy atom. The second kappa shape index (κ2) is 8.75. The van der Waals surface area contributed by atoms with Crippen LogP contribution in [-0.2, 0) is 21.4 Å². The number of sulfonamides is 1. The van der Waals surface area contributed by atoms with Gasteiger partial charge < -0.3 is 4.90 Å². The highest BCUT2D eigenvalue weighted by atomic mass is 32.2. The Hall–Kier alpha value is -1.77. The van der Waals surface area contributed by atoms with Crippen LogP contribution in [0.1, 0.15) is 23.3 Å². The van der Waals surface area contributed by atoms with E-state index in [1.165, 1.54) is 29.0 Å². The van der Waals surface area contributed by atoms with Gasteiger partial charge in [0.05, 0.1) is 11.4 Å². The molecule has 1 heterocycles. The summed E-state index contributed by atoms with van der Waals surface area (Å²) < 4.78 is 39.0. The maximum atomic E-state index is 13.0. The number of nitrogens with zero attached hydrogens (tertiary/aromatic N) is 2. The molecule has 0 spiro atoms. The smallest absolute Gasteiger partial charge is 0.242 e. The van der Waals surface area contributed by atoms with E-state index in [4.69, 9.17) is 0 Å². The maximum Gasteiger partial charge on any atom is 0.242 e. The van der Waals surface area contributed by atoms with Crippen LogP contribution in [0.25, 0.3) is 0 Å². The molecule has 0 bridgehead atoms. The Morgan fingerprint density at radius 2 is 1.81 bits per heavy atom. The van der Waals surface area contributed by atoms with Crippen LogP contribution in [0.15, 0.2) is 40.6 Å². The molecular formula is C18H23FN2O3S2. The van der Waals surface area contributed by atoms with Crippen LogP contribution in [0.4, 0.5) is 4.39 Å². The Kier molecular flexibility index (Phi) is 6.91. The fourth-order valence-corrected chi connectivity index (χ4v) is 4.59. The molecule has 26 heavy (non-hydrogen) atoms. The zero-order valence-corrected chi connectivity index (χ0v) is 16.7. The Balaban J connectivity index is 1.85. The number of carbonyl (C=O) groups excluding carboxylic acids is 1. The first kappa shape index (κ1) is 20.5. The van der Waals surface area contributed by atoms with Gasteiger partial charge in [0, 0.05) is 31.9 Å². The monoisotopic (exact) mass is 398 g/mol. The molecular weight excluding hydrogens is 375 g/mol. The number of amides is 1. The fraction of sp³-hybridized carbons (Fsp3) is 0.389. The third-order valence-electron chi connectivity index (χ3n) is 4.16. The van der Waals surface area contributed by atoms with Crippen LogP contribution in [0.5, 0.6) is 0 Å². The van der Waals surface area contributed by atoms with Crippen molar-refractivity contribution in [3.63, 3.8) is 0 Å². The summed E-state index contributed by atoms with van der Waals surface area (Å²) in [4.78, 5) is 15.1. The van der Waals surface area contributed by atoms with E-state index in [-0.39, 0.29) is 23.8 Å². The third kappa shape index (κ3) is 5.12. The first-order chi connectivity index (χ1) is 12.2. The van der Waals surface area contributed by atoms with E-state index in [1.54, 1.807) is 23.3 Å². The van der Waals surface area contributed by atoms with Crippen molar-refractivity contribution in [1.29, 1.82) is 0 Å². The van der Waals surface area contributed by atoms with Crippen molar-refractivity contribution in [3.8, 4) is 0 Å². The number of halogens is 1. The topological polar surface area (TPSA) is 57.7 Å². The van der Waals surface area contributed by atoms with Crippen LogP contribution in [0.3, 0.4) is 0 Å². The molecule has 1 aromatic heterocycles. The fourth-order valence-electron chi connectivity index (χ4n) is 2.42. The molecule has 1 amide bonds. The summed E-state index contributed by atoms with van der Waals surface area (Å²) in [7, 11) is -0.466. The molecule has 5 nitrogen and oxygen atoms in total. The summed E-state index contributed by atoms with van der Waals surface area (Å²) >= 11 is 1.62. The molecule has 0 saturated heterocycles. The van der Waals surface area contributed by atoms with Gasteiger partial charge in [-0.05, 0) is 54.6 Å². The molecule has 0 aliphatic carbocycles. The second-order valence-electron chi connectivity index (χ2n) is 6.16. The van der Waals surface area contributed by atoms with Gasteiger partial charge in [0.15, 0.2) is 0 Å². The van der Waals surface area contributed by atoms with E-state index in [1.807, 2.05) is 18.4 Å². The molecule has 1 aromatic carbocycles. The molecule has 0 aliphatic heterocycles. The van der Waals surface area contributed by atoms with Crippen molar-refractivity contribution in [2.24, 2.45) is 0 Å². The van der Waals surface area contributed by atoms with Crippen molar-refractivity contribution in [1.82, 2.24) is 9.21 Å². The lowest BCUT2D eigenvalue weighted by Crippen LogP contribution is -2.30. The first-order valence-electron chi connectivity index (χ1n) is 8.20. The van der Waals surface area contributed by atoms with E-state index < -0.39 is 15.8 Å². The normalized spacial score (nSPS) is 11.7. The lowest BCUT2D eigenvalue weighted by atomic mass is 10.2. The second-order valence-corrected chi connectivity index (χ2v) is 9.21. The van der Waals surface area contributed by atoms with Crippen molar-refractivity contribution in [2.75, 3.05) is 20.6 Å². The van der Waals surface area contributed by atoms with E-state index in [0.717, 1.165) is 17.0 Å². The van der Waals surface area contributed by atoms with Crippen molar-refractivity contribution in [2.45, 2.75) is 31.2 Å². The molecule has 0 N–H and O–H groups in total. The zero-order valence-electron chi connectivity index (χ0n) is 15.1. The van der Waals surface area contributed by atoms with Crippen LogP contribution in [-0.4, -0.2) is 44.2 Å². The standard InChI is InChI=1S/C18H23FN2O3S2/c1-14-10-12-25-17(14)13-20(2)18(22)5-4-11-21(3)26(23,24)16-8-6-15(19)7-9-16/h6-10,12H,4-5,11,13H2,1-3H3. The Morgan fingerprint density at radius 3 is 2.38 bits per heavy atom. The number of hydrogen-bond acceptors (Lipinski definition) is 4. The number of rotatable bonds is 8. The predicted molar refractivity (Wildman–Crippen MR) is 101 cm³/mol. The van der Waals surface area contributed by atoms with Crippen molar-refractivity contribution in [3.05, 3.63) is 52.0 Å². The summed E-state index contributed by atoms with van der Waals surface area (Å²) in [6.45, 7) is 2.79. The van der Waals surface area contributed by atoms with Gasteiger partial charge in [-0.2, -0.15) is 0 Å².